The standard InChI is InChI=1S/C15H14N2/c1-17(2)15-9-7-13(8-10-15)5-6-14-4-3-11-16-12-14/h3-4,7-12H,1-2H3. The van der Waals surface area contributed by atoms with Gasteiger partial charge in [-0.15, -0.1) is 0 Å². The van der Waals surface area contributed by atoms with E-state index in [1.54, 1.807) is 12.4 Å². The monoisotopic (exact) mass is 222 g/mol. The van der Waals surface area contributed by atoms with Crippen LogP contribution >= 0.6 is 0 Å². The molecular weight excluding hydrogens is 208 g/mol. The molecule has 17 heavy (non-hydrogen) atoms. The van der Waals surface area contributed by atoms with Crippen LogP contribution in [0.1, 0.15) is 11.1 Å². The molecule has 2 nitrogen and oxygen atoms in total. The van der Waals surface area contributed by atoms with Gasteiger partial charge in [-0.05, 0) is 36.4 Å². The van der Waals surface area contributed by atoms with Gasteiger partial charge in [0.1, 0.15) is 0 Å². The largest absolute Gasteiger partial charge is 0.378 e. The zero-order valence-electron chi connectivity index (χ0n) is 10.0. The van der Waals surface area contributed by atoms with Gasteiger partial charge in [0.15, 0.2) is 0 Å². The Hall–Kier alpha value is -2.27. The van der Waals surface area contributed by atoms with Crippen molar-refractivity contribution in [2.24, 2.45) is 0 Å². The fourth-order valence-electron chi connectivity index (χ4n) is 1.42. The summed E-state index contributed by atoms with van der Waals surface area (Å²) in [6.07, 6.45) is 3.51. The summed E-state index contributed by atoms with van der Waals surface area (Å²) in [6.45, 7) is 0. The summed E-state index contributed by atoms with van der Waals surface area (Å²) in [5, 5.41) is 0. The van der Waals surface area contributed by atoms with Crippen molar-refractivity contribution in [2.45, 2.75) is 0 Å². The molecule has 2 rings (SSSR count). The minimum atomic E-state index is 0.934. The Kier molecular flexibility index (Phi) is 3.42. The van der Waals surface area contributed by atoms with Crippen molar-refractivity contribution in [1.82, 2.24) is 4.98 Å². The Labute approximate surface area is 102 Å². The molecule has 0 radical (unpaired) electrons. The summed E-state index contributed by atoms with van der Waals surface area (Å²) in [5.74, 6) is 6.20. The van der Waals surface area contributed by atoms with E-state index < -0.39 is 0 Å². The fourth-order valence-corrected chi connectivity index (χ4v) is 1.42. The highest BCUT2D eigenvalue weighted by Crippen LogP contribution is 2.11. The maximum atomic E-state index is 4.03. The van der Waals surface area contributed by atoms with E-state index >= 15 is 0 Å². The van der Waals surface area contributed by atoms with Crippen LogP contribution in [0.5, 0.6) is 0 Å². The van der Waals surface area contributed by atoms with Gasteiger partial charge >= 0.3 is 0 Å². The second-order valence-corrected chi connectivity index (χ2v) is 3.93. The fraction of sp³-hybridized carbons (Fsp3) is 0.133. The number of nitrogens with zero attached hydrogens (tertiary/aromatic N) is 2. The quantitative estimate of drug-likeness (QED) is 0.689. The van der Waals surface area contributed by atoms with Crippen LogP contribution in [0.3, 0.4) is 0 Å². The minimum Gasteiger partial charge on any atom is -0.378 e. The number of rotatable bonds is 1. The first-order valence-electron chi connectivity index (χ1n) is 5.45. The second-order valence-electron chi connectivity index (χ2n) is 3.93. The molecular formula is C15H14N2. The molecule has 1 aromatic carbocycles. The predicted molar refractivity (Wildman–Crippen MR) is 71.0 cm³/mol. The summed E-state index contributed by atoms with van der Waals surface area (Å²) < 4.78 is 0. The molecule has 84 valence electrons. The van der Waals surface area contributed by atoms with Crippen molar-refractivity contribution in [3.8, 4) is 11.8 Å². The number of hydrogen-bond donors (Lipinski definition) is 0. The Morgan fingerprint density at radius 2 is 1.65 bits per heavy atom. The zero-order valence-corrected chi connectivity index (χ0v) is 10.0. The Balaban J connectivity index is 2.17. The smallest absolute Gasteiger partial charge is 0.0432 e. The highest BCUT2D eigenvalue weighted by molar-refractivity contribution is 5.50. The Morgan fingerprint density at radius 3 is 2.24 bits per heavy atom. The summed E-state index contributed by atoms with van der Waals surface area (Å²) >= 11 is 0. The lowest BCUT2D eigenvalue weighted by Crippen LogP contribution is -2.07. The summed E-state index contributed by atoms with van der Waals surface area (Å²) in [7, 11) is 4.05. The van der Waals surface area contributed by atoms with Gasteiger partial charge in [0.05, 0.1) is 0 Å². The van der Waals surface area contributed by atoms with Crippen LogP contribution in [-0.4, -0.2) is 19.1 Å². The Morgan fingerprint density at radius 1 is 0.941 bits per heavy atom. The van der Waals surface area contributed by atoms with Gasteiger partial charge in [0, 0.05) is 43.3 Å². The first-order chi connectivity index (χ1) is 8.25. The average Bonchev–Trinajstić information content (AvgIpc) is 2.38. The van der Waals surface area contributed by atoms with Crippen LogP contribution in [0.4, 0.5) is 5.69 Å². The molecule has 1 aromatic heterocycles. The third-order valence-electron chi connectivity index (χ3n) is 2.40. The van der Waals surface area contributed by atoms with Gasteiger partial charge in [-0.25, -0.2) is 0 Å². The first-order valence-corrected chi connectivity index (χ1v) is 5.45. The van der Waals surface area contributed by atoms with E-state index in [1.807, 2.05) is 38.4 Å². The lowest BCUT2D eigenvalue weighted by atomic mass is 10.2. The minimum absolute atomic E-state index is 0.934. The van der Waals surface area contributed by atoms with Gasteiger partial charge < -0.3 is 4.90 Å². The van der Waals surface area contributed by atoms with Crippen molar-refractivity contribution >= 4 is 5.69 Å². The van der Waals surface area contributed by atoms with Crippen molar-refractivity contribution in [3.63, 3.8) is 0 Å². The topological polar surface area (TPSA) is 16.1 Å². The van der Waals surface area contributed by atoms with E-state index in [4.69, 9.17) is 0 Å². The maximum absolute atomic E-state index is 4.03. The predicted octanol–water partition coefficient (Wildman–Crippen LogP) is 2.55. The molecule has 0 amide bonds. The first kappa shape index (κ1) is 11.2. The molecule has 2 heteroatoms. The van der Waals surface area contributed by atoms with E-state index in [0.717, 1.165) is 11.1 Å². The number of pyridine rings is 1. The van der Waals surface area contributed by atoms with Crippen molar-refractivity contribution in [1.29, 1.82) is 0 Å². The molecule has 0 bridgehead atoms. The van der Waals surface area contributed by atoms with Crippen LogP contribution < -0.4 is 4.90 Å². The lowest BCUT2D eigenvalue weighted by Gasteiger charge is -2.11. The third kappa shape index (κ3) is 3.09. The molecule has 1 heterocycles. The van der Waals surface area contributed by atoms with E-state index in [1.165, 1.54) is 5.69 Å². The van der Waals surface area contributed by atoms with E-state index in [9.17, 15) is 0 Å². The van der Waals surface area contributed by atoms with E-state index in [0.29, 0.717) is 0 Å². The van der Waals surface area contributed by atoms with Gasteiger partial charge in [-0.1, -0.05) is 11.8 Å². The molecule has 0 aliphatic carbocycles. The van der Waals surface area contributed by atoms with Crippen molar-refractivity contribution in [3.05, 3.63) is 59.9 Å². The van der Waals surface area contributed by atoms with Gasteiger partial charge in [-0.2, -0.15) is 0 Å². The summed E-state index contributed by atoms with van der Waals surface area (Å²) in [5.41, 5.74) is 3.13. The maximum Gasteiger partial charge on any atom is 0.0432 e. The summed E-state index contributed by atoms with van der Waals surface area (Å²) in [6, 6.07) is 12.0. The van der Waals surface area contributed by atoms with Crippen LogP contribution in [0.2, 0.25) is 0 Å². The van der Waals surface area contributed by atoms with E-state index in [2.05, 4.69) is 33.9 Å². The molecule has 0 fully saturated rings. The summed E-state index contributed by atoms with van der Waals surface area (Å²) in [4.78, 5) is 6.09. The Bertz CT molecular complexity index is 531. The molecule has 0 unspecified atom stereocenters. The SMILES string of the molecule is CN(C)c1ccc(C#Cc2cccnc2)cc1. The number of hydrogen-bond acceptors (Lipinski definition) is 2. The molecule has 0 saturated heterocycles. The third-order valence-corrected chi connectivity index (χ3v) is 2.40. The highest BCUT2D eigenvalue weighted by Gasteiger charge is 1.93. The van der Waals surface area contributed by atoms with Gasteiger partial charge in [-0.3, -0.25) is 4.98 Å². The molecule has 0 N–H and O–H groups in total. The second kappa shape index (κ2) is 5.18. The van der Waals surface area contributed by atoms with Crippen molar-refractivity contribution < 1.29 is 0 Å². The van der Waals surface area contributed by atoms with Gasteiger partial charge in [0.25, 0.3) is 0 Å². The van der Waals surface area contributed by atoms with Crippen LogP contribution in [0.25, 0.3) is 0 Å². The number of aromatic nitrogens is 1. The van der Waals surface area contributed by atoms with Crippen LogP contribution in [0.15, 0.2) is 48.8 Å². The molecule has 0 aliphatic heterocycles. The van der Waals surface area contributed by atoms with E-state index in [-0.39, 0.29) is 0 Å². The van der Waals surface area contributed by atoms with Crippen LogP contribution in [0, 0.1) is 11.8 Å². The molecule has 0 atom stereocenters. The average molecular weight is 222 g/mol. The zero-order chi connectivity index (χ0) is 12.1. The van der Waals surface area contributed by atoms with Crippen LogP contribution in [-0.2, 0) is 0 Å². The number of anilines is 1. The normalized spacial score (nSPS) is 9.29. The molecule has 0 saturated carbocycles. The van der Waals surface area contributed by atoms with Gasteiger partial charge in [0.2, 0.25) is 0 Å². The highest BCUT2D eigenvalue weighted by atomic mass is 15.1. The molecule has 2 aromatic rings. The molecule has 0 aliphatic rings. The number of benzene rings is 1. The molecule has 0 spiro atoms. The van der Waals surface area contributed by atoms with Crippen molar-refractivity contribution in [2.75, 3.05) is 19.0 Å². The lowest BCUT2D eigenvalue weighted by molar-refractivity contribution is 1.13.